The topological polar surface area (TPSA) is 32.7 Å². The number of hydrogen-bond donors (Lipinski definition) is 1. The van der Waals surface area contributed by atoms with Crippen molar-refractivity contribution >= 4 is 17.3 Å². The van der Waals surface area contributed by atoms with E-state index >= 15 is 0 Å². The summed E-state index contributed by atoms with van der Waals surface area (Å²) in [5.41, 5.74) is 2.04. The van der Waals surface area contributed by atoms with Gasteiger partial charge in [-0.3, -0.25) is 0 Å². The fraction of sp³-hybridized carbons (Fsp3) is 0.538. The van der Waals surface area contributed by atoms with Crippen molar-refractivity contribution in [2.24, 2.45) is 0 Å². The Bertz CT molecular complexity index is 430. The van der Waals surface area contributed by atoms with Crippen LogP contribution in [0.1, 0.15) is 24.8 Å². The van der Waals surface area contributed by atoms with Crippen LogP contribution < -0.4 is 9.64 Å². The van der Waals surface area contributed by atoms with Gasteiger partial charge in [0.05, 0.1) is 10.7 Å². The molecule has 3 nitrogen and oxygen atoms in total. The maximum Gasteiger partial charge on any atom is 0.201 e. The minimum Gasteiger partial charge on any atom is -0.464 e. The highest BCUT2D eigenvalue weighted by Crippen LogP contribution is 2.38. The van der Waals surface area contributed by atoms with Gasteiger partial charge in [-0.15, -0.1) is 0 Å². The zero-order valence-corrected chi connectivity index (χ0v) is 10.4. The van der Waals surface area contributed by atoms with Gasteiger partial charge < -0.3 is 14.7 Å². The Morgan fingerprint density at radius 2 is 2.00 bits per heavy atom. The van der Waals surface area contributed by atoms with E-state index in [0.29, 0.717) is 6.42 Å². The summed E-state index contributed by atoms with van der Waals surface area (Å²) in [6.07, 6.45) is 3.56. The molecule has 0 aliphatic carbocycles. The maximum absolute atomic E-state index is 9.46. The number of benzene rings is 1. The molecule has 1 unspecified atom stereocenters. The van der Waals surface area contributed by atoms with Crippen molar-refractivity contribution in [3.8, 4) is 5.75 Å². The van der Waals surface area contributed by atoms with Gasteiger partial charge in [-0.1, -0.05) is 11.6 Å². The molecule has 2 heterocycles. The summed E-state index contributed by atoms with van der Waals surface area (Å²) < 4.78 is 5.36. The van der Waals surface area contributed by atoms with E-state index in [-0.39, 0.29) is 0 Å². The third-order valence-corrected chi connectivity index (χ3v) is 3.79. The second-order valence-electron chi connectivity index (χ2n) is 4.74. The van der Waals surface area contributed by atoms with Crippen molar-refractivity contribution in [1.82, 2.24) is 0 Å². The van der Waals surface area contributed by atoms with Gasteiger partial charge in [0.25, 0.3) is 0 Å². The zero-order valence-electron chi connectivity index (χ0n) is 9.66. The van der Waals surface area contributed by atoms with Crippen molar-refractivity contribution in [3.63, 3.8) is 0 Å². The van der Waals surface area contributed by atoms with Gasteiger partial charge in [0, 0.05) is 31.1 Å². The van der Waals surface area contributed by atoms with Gasteiger partial charge in [-0.25, -0.2) is 0 Å². The molecular weight excluding hydrogens is 238 g/mol. The molecule has 1 aromatic carbocycles. The smallest absolute Gasteiger partial charge is 0.201 e. The standard InChI is InChI=1S/C13H16ClNO2/c14-10-6-9-7-13(16)17-12(9)8-11(10)15-4-2-1-3-5-15/h6,8,13,16H,1-5,7H2. The predicted molar refractivity (Wildman–Crippen MR) is 67.9 cm³/mol. The number of ether oxygens (including phenoxy) is 1. The maximum atomic E-state index is 9.46. The molecule has 1 aromatic rings. The molecule has 0 aromatic heterocycles. The highest BCUT2D eigenvalue weighted by molar-refractivity contribution is 6.33. The first-order valence-corrected chi connectivity index (χ1v) is 6.54. The Morgan fingerprint density at radius 1 is 1.24 bits per heavy atom. The van der Waals surface area contributed by atoms with Crippen molar-refractivity contribution in [2.75, 3.05) is 18.0 Å². The molecule has 0 saturated carbocycles. The number of nitrogens with zero attached hydrogens (tertiary/aromatic N) is 1. The molecule has 17 heavy (non-hydrogen) atoms. The van der Waals surface area contributed by atoms with Crippen LogP contribution in [0.4, 0.5) is 5.69 Å². The highest BCUT2D eigenvalue weighted by Gasteiger charge is 2.24. The quantitative estimate of drug-likeness (QED) is 0.835. The van der Waals surface area contributed by atoms with Gasteiger partial charge in [0.15, 0.2) is 0 Å². The van der Waals surface area contributed by atoms with Gasteiger partial charge in [0.2, 0.25) is 6.29 Å². The fourth-order valence-corrected chi connectivity index (χ4v) is 2.91. The predicted octanol–water partition coefficient (Wildman–Crippen LogP) is 2.58. The van der Waals surface area contributed by atoms with Crippen molar-refractivity contribution in [3.05, 3.63) is 22.7 Å². The minimum absolute atomic E-state index is 0.537. The van der Waals surface area contributed by atoms with Gasteiger partial charge >= 0.3 is 0 Å². The highest BCUT2D eigenvalue weighted by atomic mass is 35.5. The monoisotopic (exact) mass is 253 g/mol. The molecule has 0 radical (unpaired) electrons. The number of anilines is 1. The van der Waals surface area contributed by atoms with Crippen LogP contribution in [0.25, 0.3) is 0 Å². The molecule has 2 aliphatic rings. The molecule has 0 spiro atoms. The van der Waals surface area contributed by atoms with Crippen LogP contribution in [0.3, 0.4) is 0 Å². The molecule has 2 aliphatic heterocycles. The molecule has 0 amide bonds. The lowest BCUT2D eigenvalue weighted by molar-refractivity contribution is 0.00217. The van der Waals surface area contributed by atoms with Gasteiger partial charge in [0.1, 0.15) is 5.75 Å². The molecular formula is C13H16ClNO2. The fourth-order valence-electron chi connectivity index (χ4n) is 2.61. The van der Waals surface area contributed by atoms with Crippen LogP contribution in [0.15, 0.2) is 12.1 Å². The number of rotatable bonds is 1. The van der Waals surface area contributed by atoms with Crippen molar-refractivity contribution < 1.29 is 9.84 Å². The number of aliphatic hydroxyl groups is 1. The largest absolute Gasteiger partial charge is 0.464 e. The third kappa shape index (κ3) is 2.09. The van der Waals surface area contributed by atoms with Crippen LogP contribution >= 0.6 is 11.6 Å². The second-order valence-corrected chi connectivity index (χ2v) is 5.14. The summed E-state index contributed by atoms with van der Waals surface area (Å²) in [4.78, 5) is 2.31. The average molecular weight is 254 g/mol. The SMILES string of the molecule is OC1Cc2cc(Cl)c(N3CCCCC3)cc2O1. The van der Waals surface area contributed by atoms with E-state index in [2.05, 4.69) is 4.90 Å². The minimum atomic E-state index is -0.710. The number of hydrogen-bond acceptors (Lipinski definition) is 3. The average Bonchev–Trinajstić information content (AvgIpc) is 2.68. The second kappa shape index (κ2) is 4.39. The van der Waals surface area contributed by atoms with Gasteiger partial charge in [-0.2, -0.15) is 0 Å². The van der Waals surface area contributed by atoms with E-state index < -0.39 is 6.29 Å². The van der Waals surface area contributed by atoms with Crippen LogP contribution in [-0.2, 0) is 6.42 Å². The number of piperidine rings is 1. The molecule has 4 heteroatoms. The Labute approximate surface area is 106 Å². The van der Waals surface area contributed by atoms with Crippen molar-refractivity contribution in [2.45, 2.75) is 32.0 Å². The van der Waals surface area contributed by atoms with E-state index in [4.69, 9.17) is 16.3 Å². The molecule has 0 bridgehead atoms. The third-order valence-electron chi connectivity index (χ3n) is 3.48. The van der Waals surface area contributed by atoms with Crippen LogP contribution in [0, 0.1) is 0 Å². The first kappa shape index (κ1) is 11.2. The summed E-state index contributed by atoms with van der Waals surface area (Å²) in [6, 6.07) is 3.90. The number of aliphatic hydroxyl groups excluding tert-OH is 1. The van der Waals surface area contributed by atoms with E-state index in [1.165, 1.54) is 19.3 Å². The molecule has 1 N–H and O–H groups in total. The Balaban J connectivity index is 1.92. The molecule has 3 rings (SSSR count). The van der Waals surface area contributed by atoms with E-state index in [0.717, 1.165) is 35.1 Å². The number of halogens is 1. The first-order valence-electron chi connectivity index (χ1n) is 6.16. The van der Waals surface area contributed by atoms with E-state index in [1.807, 2.05) is 12.1 Å². The summed E-state index contributed by atoms with van der Waals surface area (Å²) in [5.74, 6) is 0.780. The molecule has 1 atom stereocenters. The molecule has 1 fully saturated rings. The zero-order chi connectivity index (χ0) is 11.8. The molecule has 1 saturated heterocycles. The summed E-state index contributed by atoms with van der Waals surface area (Å²) in [5, 5.41) is 10.2. The van der Waals surface area contributed by atoms with Crippen LogP contribution in [0.5, 0.6) is 5.75 Å². The van der Waals surface area contributed by atoms with E-state index in [9.17, 15) is 5.11 Å². The number of fused-ring (bicyclic) bond motifs is 1. The lowest BCUT2D eigenvalue weighted by atomic mass is 10.1. The lowest BCUT2D eigenvalue weighted by Crippen LogP contribution is -2.29. The van der Waals surface area contributed by atoms with Crippen LogP contribution in [0.2, 0.25) is 5.02 Å². The normalized spacial score (nSPS) is 23.4. The molecule has 92 valence electrons. The van der Waals surface area contributed by atoms with E-state index in [1.54, 1.807) is 0 Å². The first-order chi connectivity index (χ1) is 8.24. The Kier molecular flexibility index (Phi) is 2.89. The van der Waals surface area contributed by atoms with Crippen molar-refractivity contribution in [1.29, 1.82) is 0 Å². The summed E-state index contributed by atoms with van der Waals surface area (Å²) in [7, 11) is 0. The Morgan fingerprint density at radius 3 is 2.76 bits per heavy atom. The van der Waals surface area contributed by atoms with Crippen LogP contribution in [-0.4, -0.2) is 24.5 Å². The summed E-state index contributed by atoms with van der Waals surface area (Å²) in [6.45, 7) is 2.11. The summed E-state index contributed by atoms with van der Waals surface area (Å²) >= 11 is 6.31. The lowest BCUT2D eigenvalue weighted by Gasteiger charge is -2.29. The van der Waals surface area contributed by atoms with Gasteiger partial charge in [-0.05, 0) is 25.3 Å². The Hall–Kier alpha value is -0.930.